The lowest BCUT2D eigenvalue weighted by molar-refractivity contribution is -0.141. The van der Waals surface area contributed by atoms with Crippen LogP contribution >= 0.6 is 0 Å². The molecule has 1 rings (SSSR count). The van der Waals surface area contributed by atoms with Crippen LogP contribution in [0.4, 0.5) is 0 Å². The van der Waals surface area contributed by atoms with Gasteiger partial charge >= 0.3 is 5.97 Å². The molecule has 0 aromatic carbocycles. The standard InChI is InChI=1S/C10H12O3/c1-6-5-8(7(2)11)3-4-9(6)10(12)13/h3-6,9H,1-2H3,(H,12,13). The van der Waals surface area contributed by atoms with Gasteiger partial charge in [-0.2, -0.15) is 0 Å². The predicted molar refractivity (Wildman–Crippen MR) is 48.2 cm³/mol. The van der Waals surface area contributed by atoms with Crippen LogP contribution in [0.3, 0.4) is 0 Å². The van der Waals surface area contributed by atoms with Gasteiger partial charge in [0.15, 0.2) is 5.78 Å². The molecular formula is C10H12O3. The maximum Gasteiger partial charge on any atom is 0.310 e. The Morgan fingerprint density at radius 3 is 2.46 bits per heavy atom. The van der Waals surface area contributed by atoms with Gasteiger partial charge in [-0.1, -0.05) is 25.2 Å². The summed E-state index contributed by atoms with van der Waals surface area (Å²) in [7, 11) is 0. The quantitative estimate of drug-likeness (QED) is 0.699. The summed E-state index contributed by atoms with van der Waals surface area (Å²) in [5, 5.41) is 8.77. The summed E-state index contributed by atoms with van der Waals surface area (Å²) >= 11 is 0. The Morgan fingerprint density at radius 1 is 1.46 bits per heavy atom. The molecule has 0 spiro atoms. The van der Waals surface area contributed by atoms with Crippen molar-refractivity contribution >= 4 is 11.8 Å². The Hall–Kier alpha value is -1.38. The van der Waals surface area contributed by atoms with E-state index in [9.17, 15) is 9.59 Å². The average Bonchev–Trinajstić information content (AvgIpc) is 2.03. The third-order valence-electron chi connectivity index (χ3n) is 2.18. The van der Waals surface area contributed by atoms with Crippen molar-refractivity contribution in [3.05, 3.63) is 23.8 Å². The molecule has 13 heavy (non-hydrogen) atoms. The molecule has 2 unspecified atom stereocenters. The van der Waals surface area contributed by atoms with Crippen molar-refractivity contribution < 1.29 is 14.7 Å². The molecule has 1 aliphatic carbocycles. The second kappa shape index (κ2) is 3.56. The zero-order chi connectivity index (χ0) is 10.0. The molecule has 70 valence electrons. The van der Waals surface area contributed by atoms with E-state index in [2.05, 4.69) is 0 Å². The minimum absolute atomic E-state index is 0.0214. The Balaban J connectivity index is 2.85. The summed E-state index contributed by atoms with van der Waals surface area (Å²) in [5.74, 6) is -1.47. The average molecular weight is 180 g/mol. The molecule has 1 N–H and O–H groups in total. The summed E-state index contributed by atoms with van der Waals surface area (Å²) < 4.78 is 0. The zero-order valence-corrected chi connectivity index (χ0v) is 7.65. The topological polar surface area (TPSA) is 54.4 Å². The number of ketones is 1. The molecule has 1 aliphatic rings. The normalized spacial score (nSPS) is 26.8. The molecule has 0 bridgehead atoms. The van der Waals surface area contributed by atoms with Crippen molar-refractivity contribution in [1.82, 2.24) is 0 Å². The monoisotopic (exact) mass is 180 g/mol. The Morgan fingerprint density at radius 2 is 2.08 bits per heavy atom. The number of carbonyl (C=O) groups is 2. The largest absolute Gasteiger partial charge is 0.481 e. The maximum absolute atomic E-state index is 11.0. The lowest BCUT2D eigenvalue weighted by atomic mass is 9.86. The third-order valence-corrected chi connectivity index (χ3v) is 2.18. The van der Waals surface area contributed by atoms with Crippen LogP contribution in [0.2, 0.25) is 0 Å². The molecule has 0 heterocycles. The summed E-state index contributed by atoms with van der Waals surface area (Å²) in [6, 6.07) is 0. The van der Waals surface area contributed by atoms with E-state index in [0.29, 0.717) is 5.57 Å². The van der Waals surface area contributed by atoms with Gasteiger partial charge in [0.2, 0.25) is 0 Å². The van der Waals surface area contributed by atoms with Crippen molar-refractivity contribution in [1.29, 1.82) is 0 Å². The molecule has 0 amide bonds. The van der Waals surface area contributed by atoms with E-state index >= 15 is 0 Å². The first-order chi connectivity index (χ1) is 6.02. The first-order valence-corrected chi connectivity index (χ1v) is 4.16. The van der Waals surface area contributed by atoms with Gasteiger partial charge in [-0.25, -0.2) is 0 Å². The summed E-state index contributed by atoms with van der Waals surface area (Å²) in [5.41, 5.74) is 0.602. The maximum atomic E-state index is 11.0. The lowest BCUT2D eigenvalue weighted by Gasteiger charge is -2.17. The number of rotatable bonds is 2. The fraction of sp³-hybridized carbons (Fsp3) is 0.400. The fourth-order valence-electron chi connectivity index (χ4n) is 1.37. The van der Waals surface area contributed by atoms with E-state index in [1.165, 1.54) is 6.92 Å². The molecule has 0 saturated heterocycles. The molecule has 0 radical (unpaired) electrons. The van der Waals surface area contributed by atoms with Gasteiger partial charge in [0.1, 0.15) is 0 Å². The van der Waals surface area contributed by atoms with Crippen LogP contribution in [0.15, 0.2) is 23.8 Å². The molecule has 0 aliphatic heterocycles. The number of carboxylic acids is 1. The van der Waals surface area contributed by atoms with E-state index in [0.717, 1.165) is 0 Å². The highest BCUT2D eigenvalue weighted by Gasteiger charge is 2.23. The van der Waals surface area contributed by atoms with Crippen LogP contribution in [0.5, 0.6) is 0 Å². The third kappa shape index (κ3) is 2.05. The summed E-state index contributed by atoms with van der Waals surface area (Å²) in [4.78, 5) is 21.6. The first-order valence-electron chi connectivity index (χ1n) is 4.16. The zero-order valence-electron chi connectivity index (χ0n) is 7.65. The van der Waals surface area contributed by atoms with Crippen LogP contribution in [0.1, 0.15) is 13.8 Å². The fourth-order valence-corrected chi connectivity index (χ4v) is 1.37. The highest BCUT2D eigenvalue weighted by Crippen LogP contribution is 2.23. The van der Waals surface area contributed by atoms with E-state index in [1.807, 2.05) is 0 Å². The number of allylic oxidation sites excluding steroid dienone is 3. The minimum atomic E-state index is -0.845. The number of hydrogen-bond acceptors (Lipinski definition) is 2. The van der Waals surface area contributed by atoms with E-state index in [-0.39, 0.29) is 11.7 Å². The summed E-state index contributed by atoms with van der Waals surface area (Å²) in [6.07, 6.45) is 4.87. The molecule has 0 fully saturated rings. The van der Waals surface area contributed by atoms with Crippen LogP contribution in [-0.2, 0) is 9.59 Å². The van der Waals surface area contributed by atoms with Crippen molar-refractivity contribution in [2.75, 3.05) is 0 Å². The van der Waals surface area contributed by atoms with E-state index in [1.54, 1.807) is 25.2 Å². The van der Waals surface area contributed by atoms with Crippen molar-refractivity contribution in [3.8, 4) is 0 Å². The van der Waals surface area contributed by atoms with E-state index < -0.39 is 11.9 Å². The van der Waals surface area contributed by atoms with Crippen molar-refractivity contribution in [2.24, 2.45) is 11.8 Å². The molecule has 0 aromatic heterocycles. The molecule has 0 aromatic rings. The Labute approximate surface area is 76.8 Å². The predicted octanol–water partition coefficient (Wildman–Crippen LogP) is 1.41. The highest BCUT2D eigenvalue weighted by atomic mass is 16.4. The lowest BCUT2D eigenvalue weighted by Crippen LogP contribution is -2.21. The second-order valence-electron chi connectivity index (χ2n) is 3.26. The van der Waals surface area contributed by atoms with E-state index in [4.69, 9.17) is 5.11 Å². The number of aliphatic carboxylic acids is 1. The van der Waals surface area contributed by atoms with Crippen molar-refractivity contribution in [3.63, 3.8) is 0 Å². The van der Waals surface area contributed by atoms with Gasteiger partial charge in [-0.05, 0) is 12.8 Å². The minimum Gasteiger partial charge on any atom is -0.481 e. The Kier molecular flexibility index (Phi) is 2.66. The Bertz CT molecular complexity index is 299. The number of carboxylic acid groups (broad SMARTS) is 1. The molecule has 3 nitrogen and oxygen atoms in total. The van der Waals surface area contributed by atoms with Gasteiger partial charge in [0, 0.05) is 5.57 Å². The smallest absolute Gasteiger partial charge is 0.310 e. The molecule has 2 atom stereocenters. The number of Topliss-reactive ketones (excluding diaryl/α,β-unsaturated/α-hetero) is 1. The summed E-state index contributed by atoms with van der Waals surface area (Å²) in [6.45, 7) is 3.27. The van der Waals surface area contributed by atoms with Crippen molar-refractivity contribution in [2.45, 2.75) is 13.8 Å². The van der Waals surface area contributed by atoms with Crippen LogP contribution < -0.4 is 0 Å². The van der Waals surface area contributed by atoms with Crippen LogP contribution in [0.25, 0.3) is 0 Å². The molecular weight excluding hydrogens is 168 g/mol. The first kappa shape index (κ1) is 9.71. The highest BCUT2D eigenvalue weighted by molar-refractivity contribution is 5.96. The van der Waals surface area contributed by atoms with Gasteiger partial charge in [0.05, 0.1) is 5.92 Å². The molecule has 0 saturated carbocycles. The van der Waals surface area contributed by atoms with Crippen LogP contribution in [0, 0.1) is 11.8 Å². The number of hydrogen-bond donors (Lipinski definition) is 1. The van der Waals surface area contributed by atoms with Gasteiger partial charge in [-0.15, -0.1) is 0 Å². The van der Waals surface area contributed by atoms with Crippen LogP contribution in [-0.4, -0.2) is 16.9 Å². The molecule has 3 heteroatoms. The van der Waals surface area contributed by atoms with Gasteiger partial charge < -0.3 is 5.11 Å². The van der Waals surface area contributed by atoms with Gasteiger partial charge in [-0.3, -0.25) is 9.59 Å². The van der Waals surface area contributed by atoms with Gasteiger partial charge in [0.25, 0.3) is 0 Å². The second-order valence-corrected chi connectivity index (χ2v) is 3.26. The number of carbonyl (C=O) groups excluding carboxylic acids is 1. The SMILES string of the molecule is CC(=O)C1=CC(C)C(C(=O)O)C=C1.